The van der Waals surface area contributed by atoms with Crippen LogP contribution in [0, 0.1) is 11.8 Å². The number of rotatable bonds is 3. The van der Waals surface area contributed by atoms with Gasteiger partial charge in [0.2, 0.25) is 0 Å². The van der Waals surface area contributed by atoms with Crippen LogP contribution in [0.3, 0.4) is 0 Å². The molecule has 3 rings (SSSR count). The highest BCUT2D eigenvalue weighted by atomic mass is 15.2. The Morgan fingerprint density at radius 2 is 1.65 bits per heavy atom. The van der Waals surface area contributed by atoms with Gasteiger partial charge in [0.15, 0.2) is 0 Å². The maximum atomic E-state index is 3.99. The summed E-state index contributed by atoms with van der Waals surface area (Å²) in [5.41, 5.74) is 0. The van der Waals surface area contributed by atoms with Crippen LogP contribution in [-0.2, 0) is 0 Å². The summed E-state index contributed by atoms with van der Waals surface area (Å²) < 4.78 is 0. The lowest BCUT2D eigenvalue weighted by Crippen LogP contribution is -2.53. The first-order valence-corrected chi connectivity index (χ1v) is 9.18. The van der Waals surface area contributed by atoms with Gasteiger partial charge in [0.25, 0.3) is 0 Å². The minimum absolute atomic E-state index is 0.763. The second-order valence-corrected chi connectivity index (χ2v) is 7.95. The van der Waals surface area contributed by atoms with E-state index in [0.29, 0.717) is 0 Å². The van der Waals surface area contributed by atoms with Crippen molar-refractivity contribution in [2.24, 2.45) is 11.8 Å². The minimum atomic E-state index is 0.763. The zero-order chi connectivity index (χ0) is 13.9. The molecule has 2 saturated carbocycles. The smallest absolute Gasteiger partial charge is 0.0197 e. The van der Waals surface area contributed by atoms with Gasteiger partial charge in [-0.05, 0) is 70.3 Å². The van der Waals surface area contributed by atoms with Crippen LogP contribution in [0.4, 0.5) is 0 Å². The largest absolute Gasteiger partial charge is 0.310 e. The van der Waals surface area contributed by atoms with Gasteiger partial charge in [-0.3, -0.25) is 0 Å². The number of piperidine rings is 1. The molecule has 0 spiro atoms. The average Bonchev–Trinajstić information content (AvgIpc) is 2.48. The van der Waals surface area contributed by atoms with Crippen LogP contribution in [0.15, 0.2) is 0 Å². The summed E-state index contributed by atoms with van der Waals surface area (Å²) in [4.78, 5) is 2.67. The zero-order valence-corrected chi connectivity index (χ0v) is 13.6. The van der Waals surface area contributed by atoms with Crippen LogP contribution in [0.1, 0.15) is 71.1 Å². The SMILES string of the molecule is CC1CCC(N(C)CC2CCC3CCCCC3N2)CC1. The van der Waals surface area contributed by atoms with Crippen molar-refractivity contribution >= 4 is 0 Å². The summed E-state index contributed by atoms with van der Waals surface area (Å²) in [6.07, 6.45) is 14.5. The molecule has 3 atom stereocenters. The summed E-state index contributed by atoms with van der Waals surface area (Å²) >= 11 is 0. The van der Waals surface area contributed by atoms with Crippen LogP contribution in [0.2, 0.25) is 0 Å². The van der Waals surface area contributed by atoms with E-state index in [1.165, 1.54) is 70.8 Å². The summed E-state index contributed by atoms with van der Waals surface area (Å²) in [6.45, 7) is 3.70. The molecular formula is C18H34N2. The maximum Gasteiger partial charge on any atom is 0.0197 e. The van der Waals surface area contributed by atoms with Crippen LogP contribution in [-0.4, -0.2) is 36.6 Å². The van der Waals surface area contributed by atoms with Gasteiger partial charge in [-0.2, -0.15) is 0 Å². The minimum Gasteiger partial charge on any atom is -0.310 e. The van der Waals surface area contributed by atoms with Gasteiger partial charge >= 0.3 is 0 Å². The Morgan fingerprint density at radius 1 is 0.900 bits per heavy atom. The molecule has 1 saturated heterocycles. The Labute approximate surface area is 125 Å². The fourth-order valence-electron chi connectivity index (χ4n) is 4.90. The van der Waals surface area contributed by atoms with E-state index in [9.17, 15) is 0 Å². The van der Waals surface area contributed by atoms with Crippen LogP contribution < -0.4 is 5.32 Å². The second-order valence-electron chi connectivity index (χ2n) is 7.95. The first kappa shape index (κ1) is 14.8. The molecule has 1 heterocycles. The standard InChI is InChI=1S/C18H34N2/c1-14-7-11-17(12-8-14)20(2)13-16-10-9-15-5-3-4-6-18(15)19-16/h14-19H,3-13H2,1-2H3. The topological polar surface area (TPSA) is 15.3 Å². The molecule has 2 heteroatoms. The summed E-state index contributed by atoms with van der Waals surface area (Å²) in [5.74, 6) is 1.97. The van der Waals surface area contributed by atoms with Gasteiger partial charge in [-0.15, -0.1) is 0 Å². The molecule has 0 bridgehead atoms. The third kappa shape index (κ3) is 3.57. The lowest BCUT2D eigenvalue weighted by atomic mass is 9.77. The van der Waals surface area contributed by atoms with E-state index in [1.807, 2.05) is 0 Å². The van der Waals surface area contributed by atoms with E-state index in [1.54, 1.807) is 0 Å². The Hall–Kier alpha value is -0.0800. The van der Waals surface area contributed by atoms with Crippen molar-refractivity contribution in [3.63, 3.8) is 0 Å². The van der Waals surface area contributed by atoms with Crippen molar-refractivity contribution in [1.29, 1.82) is 0 Å². The van der Waals surface area contributed by atoms with Crippen LogP contribution in [0.25, 0.3) is 0 Å². The Morgan fingerprint density at radius 3 is 2.45 bits per heavy atom. The highest BCUT2D eigenvalue weighted by molar-refractivity contribution is 4.91. The van der Waals surface area contributed by atoms with E-state index in [0.717, 1.165) is 30.0 Å². The van der Waals surface area contributed by atoms with E-state index in [2.05, 4.69) is 24.2 Å². The normalized spacial score (nSPS) is 42.5. The van der Waals surface area contributed by atoms with E-state index in [-0.39, 0.29) is 0 Å². The molecule has 2 nitrogen and oxygen atoms in total. The fraction of sp³-hybridized carbons (Fsp3) is 1.00. The van der Waals surface area contributed by atoms with Crippen molar-refractivity contribution in [2.45, 2.75) is 89.3 Å². The summed E-state index contributed by atoms with van der Waals surface area (Å²) in [5, 5.41) is 3.99. The molecule has 116 valence electrons. The zero-order valence-electron chi connectivity index (χ0n) is 13.6. The lowest BCUT2D eigenvalue weighted by molar-refractivity contribution is 0.117. The van der Waals surface area contributed by atoms with Gasteiger partial charge in [0.1, 0.15) is 0 Å². The molecule has 0 aromatic heterocycles. The van der Waals surface area contributed by atoms with Crippen molar-refractivity contribution in [1.82, 2.24) is 10.2 Å². The van der Waals surface area contributed by atoms with E-state index < -0.39 is 0 Å². The average molecular weight is 278 g/mol. The molecule has 3 unspecified atom stereocenters. The quantitative estimate of drug-likeness (QED) is 0.844. The van der Waals surface area contributed by atoms with E-state index >= 15 is 0 Å². The van der Waals surface area contributed by atoms with Gasteiger partial charge in [0.05, 0.1) is 0 Å². The van der Waals surface area contributed by atoms with Gasteiger partial charge in [-0.1, -0.05) is 19.8 Å². The van der Waals surface area contributed by atoms with E-state index in [4.69, 9.17) is 0 Å². The van der Waals surface area contributed by atoms with Gasteiger partial charge in [-0.25, -0.2) is 0 Å². The predicted octanol–water partition coefficient (Wildman–Crippen LogP) is 3.81. The molecule has 20 heavy (non-hydrogen) atoms. The monoisotopic (exact) mass is 278 g/mol. The second kappa shape index (κ2) is 6.79. The maximum absolute atomic E-state index is 3.99. The van der Waals surface area contributed by atoms with Crippen LogP contribution >= 0.6 is 0 Å². The van der Waals surface area contributed by atoms with Crippen molar-refractivity contribution in [3.8, 4) is 0 Å². The fourth-order valence-corrected chi connectivity index (χ4v) is 4.90. The summed E-state index contributed by atoms with van der Waals surface area (Å²) in [6, 6.07) is 2.47. The van der Waals surface area contributed by atoms with Crippen molar-refractivity contribution in [2.75, 3.05) is 13.6 Å². The first-order valence-electron chi connectivity index (χ1n) is 9.18. The molecule has 1 N–H and O–H groups in total. The summed E-state index contributed by atoms with van der Waals surface area (Å²) in [7, 11) is 2.37. The Balaban J connectivity index is 1.45. The Bertz CT molecular complexity index is 296. The first-order chi connectivity index (χ1) is 9.72. The van der Waals surface area contributed by atoms with Gasteiger partial charge < -0.3 is 10.2 Å². The molecule has 1 aliphatic heterocycles. The molecule has 3 fully saturated rings. The molecular weight excluding hydrogens is 244 g/mol. The predicted molar refractivity (Wildman–Crippen MR) is 86.0 cm³/mol. The number of likely N-dealkylation sites (N-methyl/N-ethyl adjacent to an activating group) is 1. The molecule has 0 amide bonds. The van der Waals surface area contributed by atoms with Crippen LogP contribution in [0.5, 0.6) is 0 Å². The van der Waals surface area contributed by atoms with Crippen molar-refractivity contribution in [3.05, 3.63) is 0 Å². The number of hydrogen-bond donors (Lipinski definition) is 1. The third-order valence-corrected chi connectivity index (χ3v) is 6.36. The highest BCUT2D eigenvalue weighted by Crippen LogP contribution is 2.33. The third-order valence-electron chi connectivity index (χ3n) is 6.36. The lowest BCUT2D eigenvalue weighted by Gasteiger charge is -2.43. The molecule has 3 aliphatic rings. The molecule has 2 aliphatic carbocycles. The van der Waals surface area contributed by atoms with Gasteiger partial charge in [0, 0.05) is 24.7 Å². The van der Waals surface area contributed by atoms with Crippen molar-refractivity contribution < 1.29 is 0 Å². The highest BCUT2D eigenvalue weighted by Gasteiger charge is 2.32. The number of fused-ring (bicyclic) bond motifs is 1. The molecule has 0 radical (unpaired) electrons. The molecule has 0 aromatic rings. The number of hydrogen-bond acceptors (Lipinski definition) is 2. The Kier molecular flexibility index (Phi) is 5.04. The number of nitrogens with zero attached hydrogens (tertiary/aromatic N) is 1. The molecule has 0 aromatic carbocycles. The number of nitrogens with one attached hydrogen (secondary N) is 1.